The Hall–Kier alpha value is -1.06. The highest BCUT2D eigenvalue weighted by Gasteiger charge is 2.51. The Bertz CT molecular complexity index is 397. The number of amides is 2. The van der Waals surface area contributed by atoms with E-state index < -0.39 is 0 Å². The lowest BCUT2D eigenvalue weighted by atomic mass is 9.49. The molecule has 0 spiro atoms. The highest BCUT2D eigenvalue weighted by atomic mass is 16.2. The van der Waals surface area contributed by atoms with Crippen LogP contribution in [0.4, 0.5) is 0 Å². The molecule has 0 aromatic rings. The van der Waals surface area contributed by atoms with Crippen molar-refractivity contribution in [1.29, 1.82) is 0 Å². The summed E-state index contributed by atoms with van der Waals surface area (Å²) in [6.45, 7) is 3.85. The molecule has 4 rings (SSSR count). The average Bonchev–Trinajstić information content (AvgIpc) is 2.41. The first-order chi connectivity index (χ1) is 9.99. The number of hydrogen-bond donors (Lipinski definition) is 2. The molecular formula is C17H28N2O2. The van der Waals surface area contributed by atoms with Crippen molar-refractivity contribution in [1.82, 2.24) is 10.9 Å². The first-order valence-electron chi connectivity index (χ1n) is 8.58. The van der Waals surface area contributed by atoms with Crippen LogP contribution in [0.3, 0.4) is 0 Å². The number of hydrogen-bond acceptors (Lipinski definition) is 2. The molecular weight excluding hydrogens is 264 g/mol. The molecule has 4 fully saturated rings. The minimum absolute atomic E-state index is 0.00592. The molecule has 118 valence electrons. The second-order valence-corrected chi connectivity index (χ2v) is 7.94. The lowest BCUT2D eigenvalue weighted by molar-refractivity contribution is -0.135. The van der Waals surface area contributed by atoms with E-state index in [0.29, 0.717) is 6.42 Å². The third kappa shape index (κ3) is 3.09. The summed E-state index contributed by atoms with van der Waals surface area (Å²) in [7, 11) is 0. The van der Waals surface area contributed by atoms with Crippen molar-refractivity contribution >= 4 is 11.8 Å². The van der Waals surface area contributed by atoms with Crippen molar-refractivity contribution in [2.75, 3.05) is 0 Å². The Morgan fingerprint density at radius 2 is 1.57 bits per heavy atom. The first kappa shape index (κ1) is 14.9. The van der Waals surface area contributed by atoms with Crippen LogP contribution >= 0.6 is 0 Å². The zero-order chi connectivity index (χ0) is 15.0. The smallest absolute Gasteiger partial charge is 0.241 e. The van der Waals surface area contributed by atoms with Crippen molar-refractivity contribution in [2.24, 2.45) is 29.1 Å². The number of hydrazine groups is 1. The van der Waals surface area contributed by atoms with Gasteiger partial charge in [0.15, 0.2) is 0 Å². The van der Waals surface area contributed by atoms with Crippen molar-refractivity contribution in [2.45, 2.75) is 65.2 Å². The maximum Gasteiger partial charge on any atom is 0.241 e. The minimum atomic E-state index is -0.0867. The summed E-state index contributed by atoms with van der Waals surface area (Å²) in [5.74, 6) is 2.44. The molecule has 0 aromatic heterocycles. The second-order valence-electron chi connectivity index (χ2n) is 7.94. The van der Waals surface area contributed by atoms with Crippen LogP contribution in [0.25, 0.3) is 0 Å². The molecule has 4 heteroatoms. The van der Waals surface area contributed by atoms with Crippen LogP contribution in [0.2, 0.25) is 0 Å². The number of rotatable bonds is 4. The summed E-state index contributed by atoms with van der Waals surface area (Å²) in [5, 5.41) is 0. The van der Waals surface area contributed by atoms with E-state index in [2.05, 4.69) is 10.9 Å². The highest BCUT2D eigenvalue weighted by Crippen LogP contribution is 2.61. The zero-order valence-electron chi connectivity index (χ0n) is 13.3. The maximum atomic E-state index is 12.2. The number of carbonyl (C=O) groups is 2. The van der Waals surface area contributed by atoms with E-state index in [1.807, 2.05) is 13.8 Å². The molecule has 0 heterocycles. The Morgan fingerprint density at radius 3 is 2.05 bits per heavy atom. The van der Waals surface area contributed by atoms with Crippen LogP contribution in [0.15, 0.2) is 0 Å². The van der Waals surface area contributed by atoms with Gasteiger partial charge in [-0.3, -0.25) is 20.4 Å². The Morgan fingerprint density at radius 1 is 1.05 bits per heavy atom. The van der Waals surface area contributed by atoms with Gasteiger partial charge in [-0.15, -0.1) is 0 Å². The maximum absolute atomic E-state index is 12.2. The fraction of sp³-hybridized carbons (Fsp3) is 0.882. The fourth-order valence-electron chi connectivity index (χ4n) is 5.33. The molecule has 4 aliphatic carbocycles. The van der Waals surface area contributed by atoms with E-state index in [1.54, 1.807) is 0 Å². The number of carbonyl (C=O) groups excluding carboxylic acids is 2. The summed E-state index contributed by atoms with van der Waals surface area (Å²) in [5.41, 5.74) is 5.45. The van der Waals surface area contributed by atoms with Crippen LogP contribution in [-0.2, 0) is 9.59 Å². The summed E-state index contributed by atoms with van der Waals surface area (Å²) in [6.07, 6.45) is 9.25. The molecule has 2 N–H and O–H groups in total. The van der Waals surface area contributed by atoms with Crippen molar-refractivity contribution < 1.29 is 9.59 Å². The standard InChI is InChI=1S/C17H28N2O2/c1-3-11(2)16(21)19-18-15(20)10-17-7-12-4-13(8-17)6-14(5-12)9-17/h11-14H,3-10H2,1-2H3,(H,18,20)(H,19,21). The fourth-order valence-corrected chi connectivity index (χ4v) is 5.33. The van der Waals surface area contributed by atoms with Gasteiger partial charge in [0, 0.05) is 12.3 Å². The Kier molecular flexibility index (Phi) is 3.98. The van der Waals surface area contributed by atoms with Crippen molar-refractivity contribution in [3.05, 3.63) is 0 Å². The van der Waals surface area contributed by atoms with Gasteiger partial charge in [-0.2, -0.15) is 0 Å². The van der Waals surface area contributed by atoms with Gasteiger partial charge in [0.1, 0.15) is 0 Å². The van der Waals surface area contributed by atoms with E-state index in [4.69, 9.17) is 0 Å². The van der Waals surface area contributed by atoms with Gasteiger partial charge in [0.2, 0.25) is 11.8 Å². The molecule has 21 heavy (non-hydrogen) atoms. The average molecular weight is 292 g/mol. The van der Waals surface area contributed by atoms with Crippen LogP contribution in [-0.4, -0.2) is 11.8 Å². The van der Waals surface area contributed by atoms with Crippen molar-refractivity contribution in [3.63, 3.8) is 0 Å². The zero-order valence-corrected chi connectivity index (χ0v) is 13.3. The monoisotopic (exact) mass is 292 g/mol. The van der Waals surface area contributed by atoms with Crippen LogP contribution in [0, 0.1) is 29.1 Å². The van der Waals surface area contributed by atoms with Gasteiger partial charge in [0.05, 0.1) is 0 Å². The Balaban J connectivity index is 1.52. The van der Waals surface area contributed by atoms with E-state index >= 15 is 0 Å². The molecule has 0 aliphatic heterocycles. The van der Waals surface area contributed by atoms with Crippen molar-refractivity contribution in [3.8, 4) is 0 Å². The van der Waals surface area contributed by atoms with Gasteiger partial charge in [-0.05, 0) is 68.1 Å². The predicted molar refractivity (Wildman–Crippen MR) is 81.0 cm³/mol. The molecule has 4 nitrogen and oxygen atoms in total. The molecule has 0 aromatic carbocycles. The van der Waals surface area contributed by atoms with E-state index in [-0.39, 0.29) is 23.1 Å². The quantitative estimate of drug-likeness (QED) is 0.783. The van der Waals surface area contributed by atoms with Gasteiger partial charge >= 0.3 is 0 Å². The predicted octanol–water partition coefficient (Wildman–Crippen LogP) is 2.79. The van der Waals surface area contributed by atoms with Gasteiger partial charge in [0.25, 0.3) is 0 Å². The van der Waals surface area contributed by atoms with E-state index in [0.717, 1.165) is 24.2 Å². The highest BCUT2D eigenvalue weighted by molar-refractivity contribution is 5.83. The topological polar surface area (TPSA) is 58.2 Å². The summed E-state index contributed by atoms with van der Waals surface area (Å²) in [6, 6.07) is 0. The second kappa shape index (κ2) is 5.62. The summed E-state index contributed by atoms with van der Waals surface area (Å²) >= 11 is 0. The molecule has 4 saturated carbocycles. The summed E-state index contributed by atoms with van der Waals surface area (Å²) < 4.78 is 0. The Labute approximate surface area is 127 Å². The van der Waals surface area contributed by atoms with Gasteiger partial charge in [-0.25, -0.2) is 0 Å². The normalized spacial score (nSPS) is 38.1. The third-order valence-electron chi connectivity index (χ3n) is 6.09. The van der Waals surface area contributed by atoms with E-state index in [9.17, 15) is 9.59 Å². The van der Waals surface area contributed by atoms with Gasteiger partial charge < -0.3 is 0 Å². The molecule has 1 atom stereocenters. The molecule has 1 unspecified atom stereocenters. The van der Waals surface area contributed by atoms with E-state index in [1.165, 1.54) is 38.5 Å². The van der Waals surface area contributed by atoms with Gasteiger partial charge in [-0.1, -0.05) is 13.8 Å². The molecule has 0 saturated heterocycles. The minimum Gasteiger partial charge on any atom is -0.273 e. The lowest BCUT2D eigenvalue weighted by Crippen LogP contribution is -2.50. The van der Waals surface area contributed by atoms with Crippen LogP contribution in [0.1, 0.15) is 65.2 Å². The summed E-state index contributed by atoms with van der Waals surface area (Å²) in [4.78, 5) is 23.9. The van der Waals surface area contributed by atoms with Crippen LogP contribution in [0.5, 0.6) is 0 Å². The lowest BCUT2D eigenvalue weighted by Gasteiger charge is -2.56. The third-order valence-corrected chi connectivity index (χ3v) is 6.09. The number of nitrogens with one attached hydrogen (secondary N) is 2. The molecule has 4 aliphatic rings. The molecule has 4 bridgehead atoms. The SMILES string of the molecule is CCC(C)C(=O)NNC(=O)CC12CC3CC(CC(C3)C1)C2. The van der Waals surface area contributed by atoms with Crippen LogP contribution < -0.4 is 10.9 Å². The molecule has 0 radical (unpaired) electrons. The molecule has 2 amide bonds. The largest absolute Gasteiger partial charge is 0.273 e. The first-order valence-corrected chi connectivity index (χ1v) is 8.58.